The molecule has 3 rings (SSSR count). The number of anilines is 1. The van der Waals surface area contributed by atoms with Gasteiger partial charge in [-0.3, -0.25) is 9.59 Å². The number of para-hydroxylation sites is 2. The Morgan fingerprint density at radius 2 is 1.82 bits per heavy atom. The Labute approximate surface area is 198 Å². The van der Waals surface area contributed by atoms with Crippen LogP contribution in [-0.2, 0) is 9.59 Å². The van der Waals surface area contributed by atoms with Crippen LogP contribution in [-0.4, -0.2) is 48.6 Å². The summed E-state index contributed by atoms with van der Waals surface area (Å²) in [5.41, 5.74) is 1.30. The number of nitrogens with one attached hydrogen (secondary N) is 1. The van der Waals surface area contributed by atoms with E-state index in [9.17, 15) is 18.4 Å². The van der Waals surface area contributed by atoms with Crippen molar-refractivity contribution in [2.75, 3.05) is 18.5 Å². The number of nitrogens with zero attached hydrogens (tertiary/aromatic N) is 1. The summed E-state index contributed by atoms with van der Waals surface area (Å²) >= 11 is 0. The van der Waals surface area contributed by atoms with Gasteiger partial charge in [0.1, 0.15) is 11.8 Å². The van der Waals surface area contributed by atoms with Crippen molar-refractivity contribution >= 4 is 17.5 Å². The zero-order chi connectivity index (χ0) is 24.8. The van der Waals surface area contributed by atoms with Gasteiger partial charge in [-0.1, -0.05) is 18.2 Å². The predicted molar refractivity (Wildman–Crippen MR) is 124 cm³/mol. The highest BCUT2D eigenvalue weighted by Gasteiger charge is 2.39. The number of hydrogen-bond donors (Lipinski definition) is 1. The van der Waals surface area contributed by atoms with Crippen LogP contribution < -0.4 is 19.5 Å². The molecule has 2 unspecified atom stereocenters. The SMILES string of the molecule is CCOc1ccccc1NC(=O)C1CC(c2ccc(OC(F)F)c(OC(C)C)c2)CN1C(C)=O. The van der Waals surface area contributed by atoms with E-state index in [2.05, 4.69) is 10.1 Å². The van der Waals surface area contributed by atoms with Gasteiger partial charge in [0.05, 0.1) is 18.4 Å². The number of carbonyl (C=O) groups excluding carboxylic acids is 2. The highest BCUT2D eigenvalue weighted by molar-refractivity contribution is 5.98. The first-order chi connectivity index (χ1) is 16.2. The van der Waals surface area contributed by atoms with Crippen molar-refractivity contribution in [1.82, 2.24) is 4.90 Å². The van der Waals surface area contributed by atoms with E-state index in [-0.39, 0.29) is 35.3 Å². The largest absolute Gasteiger partial charge is 0.492 e. The molecule has 2 aromatic carbocycles. The fourth-order valence-electron chi connectivity index (χ4n) is 4.06. The van der Waals surface area contributed by atoms with Gasteiger partial charge in [-0.05, 0) is 57.0 Å². The quantitative estimate of drug-likeness (QED) is 0.562. The minimum atomic E-state index is -2.98. The summed E-state index contributed by atoms with van der Waals surface area (Å²) in [7, 11) is 0. The Bertz CT molecular complexity index is 1010. The maximum absolute atomic E-state index is 13.2. The predicted octanol–water partition coefficient (Wildman–Crippen LogP) is 4.82. The third-order valence-corrected chi connectivity index (χ3v) is 5.47. The number of amides is 2. The van der Waals surface area contributed by atoms with Crippen molar-refractivity contribution in [3.05, 3.63) is 48.0 Å². The Balaban J connectivity index is 1.83. The van der Waals surface area contributed by atoms with Crippen molar-refractivity contribution in [3.63, 3.8) is 0 Å². The molecule has 0 saturated carbocycles. The lowest BCUT2D eigenvalue weighted by molar-refractivity contribution is -0.134. The number of carbonyl (C=O) groups is 2. The molecule has 7 nitrogen and oxygen atoms in total. The van der Waals surface area contributed by atoms with Crippen LogP contribution in [0.3, 0.4) is 0 Å². The summed E-state index contributed by atoms with van der Waals surface area (Å²) in [5.74, 6) is -0.0427. The lowest BCUT2D eigenvalue weighted by atomic mass is 9.95. The van der Waals surface area contributed by atoms with E-state index in [4.69, 9.17) is 9.47 Å². The molecule has 1 fully saturated rings. The fraction of sp³-hybridized carbons (Fsp3) is 0.440. The Hall–Kier alpha value is -3.36. The van der Waals surface area contributed by atoms with Gasteiger partial charge in [0.2, 0.25) is 11.8 Å². The van der Waals surface area contributed by atoms with Gasteiger partial charge in [-0.25, -0.2) is 0 Å². The molecule has 2 aromatic rings. The van der Waals surface area contributed by atoms with E-state index in [0.29, 0.717) is 31.0 Å². The summed E-state index contributed by atoms with van der Waals surface area (Å²) in [4.78, 5) is 27.0. The molecule has 1 aliphatic heterocycles. The number of rotatable bonds is 9. The first-order valence-corrected chi connectivity index (χ1v) is 11.2. The molecule has 184 valence electrons. The van der Waals surface area contributed by atoms with Gasteiger partial charge in [0, 0.05) is 19.4 Å². The summed E-state index contributed by atoms with van der Waals surface area (Å²) < 4.78 is 41.4. The van der Waals surface area contributed by atoms with Gasteiger partial charge in [0.15, 0.2) is 11.5 Å². The Morgan fingerprint density at radius 1 is 1.09 bits per heavy atom. The summed E-state index contributed by atoms with van der Waals surface area (Å²) in [6.07, 6.45) is 0.120. The normalized spacial score (nSPS) is 17.7. The van der Waals surface area contributed by atoms with Gasteiger partial charge in [-0.15, -0.1) is 0 Å². The number of hydrogen-bond acceptors (Lipinski definition) is 5. The van der Waals surface area contributed by atoms with Gasteiger partial charge >= 0.3 is 6.61 Å². The summed E-state index contributed by atoms with van der Waals surface area (Å²) in [5, 5.41) is 2.88. The van der Waals surface area contributed by atoms with E-state index < -0.39 is 12.7 Å². The molecule has 1 saturated heterocycles. The molecule has 2 amide bonds. The van der Waals surface area contributed by atoms with E-state index in [1.165, 1.54) is 17.9 Å². The van der Waals surface area contributed by atoms with Crippen LogP contribution >= 0.6 is 0 Å². The lowest BCUT2D eigenvalue weighted by Gasteiger charge is -2.23. The van der Waals surface area contributed by atoms with Crippen molar-refractivity contribution in [2.45, 2.75) is 58.8 Å². The molecule has 0 aromatic heterocycles. The summed E-state index contributed by atoms with van der Waals surface area (Å²) in [6, 6.07) is 11.2. The topological polar surface area (TPSA) is 77.1 Å². The molecule has 0 aliphatic carbocycles. The monoisotopic (exact) mass is 476 g/mol. The lowest BCUT2D eigenvalue weighted by Crippen LogP contribution is -2.42. The van der Waals surface area contributed by atoms with Gasteiger partial charge in [-0.2, -0.15) is 8.78 Å². The number of alkyl halides is 2. The third kappa shape index (κ3) is 6.15. The third-order valence-electron chi connectivity index (χ3n) is 5.47. The Morgan fingerprint density at radius 3 is 2.47 bits per heavy atom. The van der Waals surface area contributed by atoms with Crippen LogP contribution in [0, 0.1) is 0 Å². The highest BCUT2D eigenvalue weighted by atomic mass is 19.3. The first-order valence-electron chi connectivity index (χ1n) is 11.2. The minimum absolute atomic E-state index is 0.0595. The van der Waals surface area contributed by atoms with E-state index in [1.54, 1.807) is 44.2 Å². The second-order valence-electron chi connectivity index (χ2n) is 8.29. The number of ether oxygens (including phenoxy) is 3. The molecule has 34 heavy (non-hydrogen) atoms. The van der Waals surface area contributed by atoms with Crippen LogP contribution in [0.25, 0.3) is 0 Å². The zero-order valence-corrected chi connectivity index (χ0v) is 19.7. The number of benzene rings is 2. The number of halogens is 2. The Kier molecular flexibility index (Phi) is 8.31. The maximum atomic E-state index is 13.2. The molecule has 0 spiro atoms. The molecule has 1 aliphatic rings. The number of likely N-dealkylation sites (tertiary alicyclic amines) is 1. The van der Waals surface area contributed by atoms with E-state index in [0.717, 1.165) is 5.56 Å². The van der Waals surface area contributed by atoms with Crippen molar-refractivity contribution in [1.29, 1.82) is 0 Å². The van der Waals surface area contributed by atoms with Crippen molar-refractivity contribution < 1.29 is 32.6 Å². The minimum Gasteiger partial charge on any atom is -0.492 e. The van der Waals surface area contributed by atoms with Gasteiger partial charge in [0.25, 0.3) is 0 Å². The van der Waals surface area contributed by atoms with Crippen molar-refractivity contribution in [2.24, 2.45) is 0 Å². The zero-order valence-electron chi connectivity index (χ0n) is 19.7. The highest BCUT2D eigenvalue weighted by Crippen LogP contribution is 2.38. The van der Waals surface area contributed by atoms with Crippen LogP contribution in [0.1, 0.15) is 45.6 Å². The molecule has 9 heteroatoms. The van der Waals surface area contributed by atoms with Crippen LogP contribution in [0.15, 0.2) is 42.5 Å². The first kappa shape index (κ1) is 25.3. The molecule has 0 bridgehead atoms. The molecule has 2 atom stereocenters. The second kappa shape index (κ2) is 11.2. The van der Waals surface area contributed by atoms with Crippen LogP contribution in [0.4, 0.5) is 14.5 Å². The summed E-state index contributed by atoms with van der Waals surface area (Å²) in [6.45, 7) is 4.63. The smallest absolute Gasteiger partial charge is 0.387 e. The van der Waals surface area contributed by atoms with Crippen LogP contribution in [0.2, 0.25) is 0 Å². The molecule has 1 heterocycles. The van der Waals surface area contributed by atoms with E-state index >= 15 is 0 Å². The average molecular weight is 477 g/mol. The fourth-order valence-corrected chi connectivity index (χ4v) is 4.06. The van der Waals surface area contributed by atoms with E-state index in [1.807, 2.05) is 13.0 Å². The van der Waals surface area contributed by atoms with Crippen molar-refractivity contribution in [3.8, 4) is 17.2 Å². The second-order valence-corrected chi connectivity index (χ2v) is 8.29. The average Bonchev–Trinajstić information content (AvgIpc) is 3.22. The maximum Gasteiger partial charge on any atom is 0.387 e. The van der Waals surface area contributed by atoms with Crippen LogP contribution in [0.5, 0.6) is 17.2 Å². The van der Waals surface area contributed by atoms with Gasteiger partial charge < -0.3 is 24.4 Å². The molecular weight excluding hydrogens is 446 g/mol. The molecular formula is C25H30F2N2O5. The molecule has 0 radical (unpaired) electrons. The molecule has 1 N–H and O–H groups in total. The standard InChI is InChI=1S/C25H30F2N2O5/c1-5-32-21-9-7-6-8-19(21)28-24(31)20-12-18(14-29(20)16(4)30)17-10-11-22(34-25(26)27)23(13-17)33-15(2)3/h6-11,13,15,18,20,25H,5,12,14H2,1-4H3,(H,28,31).